The van der Waals surface area contributed by atoms with E-state index in [9.17, 15) is 9.59 Å². The van der Waals surface area contributed by atoms with Crippen LogP contribution in [-0.2, 0) is 9.53 Å². The lowest BCUT2D eigenvalue weighted by Crippen LogP contribution is -2.38. The Hall–Kier alpha value is -2.33. The molecule has 4 nitrogen and oxygen atoms in total. The third-order valence-corrected chi connectivity index (χ3v) is 4.36. The number of rotatable bonds is 7. The zero-order chi connectivity index (χ0) is 18.2. The molecule has 2 aromatic rings. The van der Waals surface area contributed by atoms with Crippen LogP contribution >= 0.6 is 11.6 Å². The van der Waals surface area contributed by atoms with E-state index in [1.54, 1.807) is 31.2 Å². The predicted molar refractivity (Wildman–Crippen MR) is 98.8 cm³/mol. The minimum atomic E-state index is -0.892. The monoisotopic (exact) mass is 359 g/mol. The van der Waals surface area contributed by atoms with Gasteiger partial charge in [0.1, 0.15) is 0 Å². The largest absolute Gasteiger partial charge is 0.449 e. The Labute approximate surface area is 153 Å². The molecule has 5 heteroatoms. The van der Waals surface area contributed by atoms with Gasteiger partial charge < -0.3 is 10.1 Å². The number of hydrogen-bond donors (Lipinski definition) is 1. The molecule has 0 radical (unpaired) electrons. The van der Waals surface area contributed by atoms with E-state index in [1.807, 2.05) is 30.3 Å². The van der Waals surface area contributed by atoms with E-state index < -0.39 is 12.1 Å². The highest BCUT2D eigenvalue weighted by molar-refractivity contribution is 6.33. The average molecular weight is 360 g/mol. The lowest BCUT2D eigenvalue weighted by atomic mass is 9.96. The van der Waals surface area contributed by atoms with E-state index in [-0.39, 0.29) is 17.4 Å². The Morgan fingerprint density at radius 2 is 1.72 bits per heavy atom. The first-order valence-corrected chi connectivity index (χ1v) is 8.68. The Bertz CT molecular complexity index is 718. The van der Waals surface area contributed by atoms with Gasteiger partial charge in [0.05, 0.1) is 10.6 Å². The van der Waals surface area contributed by atoms with Crippen LogP contribution in [0.5, 0.6) is 0 Å². The van der Waals surface area contributed by atoms with Crippen molar-refractivity contribution in [3.63, 3.8) is 0 Å². The molecule has 0 aliphatic carbocycles. The number of carbonyl (C=O) groups is 2. The summed E-state index contributed by atoms with van der Waals surface area (Å²) in [4.78, 5) is 24.3. The second-order valence-electron chi connectivity index (χ2n) is 5.79. The molecular formula is C20H22ClNO3. The van der Waals surface area contributed by atoms with Gasteiger partial charge in [0.15, 0.2) is 6.10 Å². The standard InChI is InChI=1S/C20H22ClNO3/c1-3-15(16-9-5-4-6-10-16)13-22-19(23)14(2)25-20(24)17-11-7-8-12-18(17)21/h4-12,14-15H,3,13H2,1-2H3,(H,22,23)/t14-,15+/m0/s1. The van der Waals surface area contributed by atoms with Crippen LogP contribution in [-0.4, -0.2) is 24.5 Å². The van der Waals surface area contributed by atoms with Gasteiger partial charge in [-0.3, -0.25) is 4.79 Å². The van der Waals surface area contributed by atoms with Gasteiger partial charge in [-0.05, 0) is 31.0 Å². The summed E-state index contributed by atoms with van der Waals surface area (Å²) in [6.07, 6.45) is 0.00926. The molecular weight excluding hydrogens is 338 g/mol. The molecule has 0 spiro atoms. The van der Waals surface area contributed by atoms with Crippen molar-refractivity contribution in [2.75, 3.05) is 6.54 Å². The normalized spacial score (nSPS) is 12.9. The average Bonchev–Trinajstić information content (AvgIpc) is 2.63. The summed E-state index contributed by atoms with van der Waals surface area (Å²) in [6.45, 7) is 4.12. The summed E-state index contributed by atoms with van der Waals surface area (Å²) >= 11 is 5.97. The highest BCUT2D eigenvalue weighted by atomic mass is 35.5. The summed E-state index contributed by atoms with van der Waals surface area (Å²) in [5, 5.41) is 3.16. The second kappa shape index (κ2) is 9.23. The maximum Gasteiger partial charge on any atom is 0.340 e. The van der Waals surface area contributed by atoms with Crippen LogP contribution in [0.1, 0.15) is 42.1 Å². The lowest BCUT2D eigenvalue weighted by molar-refractivity contribution is -0.129. The fourth-order valence-corrected chi connectivity index (χ4v) is 2.71. The van der Waals surface area contributed by atoms with Crippen LogP contribution in [0.25, 0.3) is 0 Å². The van der Waals surface area contributed by atoms with Gasteiger partial charge in [0, 0.05) is 12.5 Å². The van der Waals surface area contributed by atoms with Crippen LogP contribution in [0.3, 0.4) is 0 Å². The first kappa shape index (κ1) is 19.0. The van der Waals surface area contributed by atoms with Crippen molar-refractivity contribution in [3.05, 3.63) is 70.7 Å². The van der Waals surface area contributed by atoms with Gasteiger partial charge in [0.25, 0.3) is 5.91 Å². The molecule has 0 saturated heterocycles. The fourth-order valence-electron chi connectivity index (χ4n) is 2.49. The van der Waals surface area contributed by atoms with Crippen LogP contribution in [0.15, 0.2) is 54.6 Å². The predicted octanol–water partition coefficient (Wildman–Crippen LogP) is 4.20. The molecule has 0 heterocycles. The number of amides is 1. The molecule has 0 bridgehead atoms. The van der Waals surface area contributed by atoms with Crippen LogP contribution in [0.2, 0.25) is 5.02 Å². The highest BCUT2D eigenvalue weighted by Crippen LogP contribution is 2.19. The van der Waals surface area contributed by atoms with Gasteiger partial charge in [-0.25, -0.2) is 4.79 Å². The van der Waals surface area contributed by atoms with Gasteiger partial charge >= 0.3 is 5.97 Å². The Morgan fingerprint density at radius 3 is 2.36 bits per heavy atom. The minimum absolute atomic E-state index is 0.219. The topological polar surface area (TPSA) is 55.4 Å². The van der Waals surface area contributed by atoms with E-state index in [1.165, 1.54) is 5.56 Å². The number of esters is 1. The van der Waals surface area contributed by atoms with Crippen LogP contribution in [0.4, 0.5) is 0 Å². The minimum Gasteiger partial charge on any atom is -0.449 e. The molecule has 1 amide bonds. The molecule has 25 heavy (non-hydrogen) atoms. The van der Waals surface area contributed by atoms with Gasteiger partial charge in [-0.15, -0.1) is 0 Å². The molecule has 0 unspecified atom stereocenters. The Morgan fingerprint density at radius 1 is 1.08 bits per heavy atom. The van der Waals surface area contributed by atoms with Gasteiger partial charge in [-0.2, -0.15) is 0 Å². The molecule has 0 fully saturated rings. The van der Waals surface area contributed by atoms with Gasteiger partial charge in [0.2, 0.25) is 0 Å². The molecule has 0 aliphatic rings. The van der Waals surface area contributed by atoms with E-state index in [4.69, 9.17) is 16.3 Å². The molecule has 1 N–H and O–H groups in total. The summed E-state index contributed by atoms with van der Waals surface area (Å²) < 4.78 is 5.22. The first-order chi connectivity index (χ1) is 12.0. The first-order valence-electron chi connectivity index (χ1n) is 8.31. The zero-order valence-electron chi connectivity index (χ0n) is 14.4. The van der Waals surface area contributed by atoms with E-state index in [0.717, 1.165) is 6.42 Å². The van der Waals surface area contributed by atoms with Crippen LogP contribution in [0, 0.1) is 0 Å². The lowest BCUT2D eigenvalue weighted by Gasteiger charge is -2.18. The zero-order valence-corrected chi connectivity index (χ0v) is 15.1. The highest BCUT2D eigenvalue weighted by Gasteiger charge is 2.21. The molecule has 0 aliphatic heterocycles. The summed E-state index contributed by atoms with van der Waals surface area (Å²) in [5.41, 5.74) is 1.42. The summed E-state index contributed by atoms with van der Waals surface area (Å²) in [6, 6.07) is 16.6. The molecule has 0 aromatic heterocycles. The maximum absolute atomic E-state index is 12.2. The number of halogens is 1. The number of benzene rings is 2. The molecule has 2 rings (SSSR count). The number of hydrogen-bond acceptors (Lipinski definition) is 3. The third kappa shape index (κ3) is 5.33. The van der Waals surface area contributed by atoms with Crippen molar-refractivity contribution < 1.29 is 14.3 Å². The van der Waals surface area contributed by atoms with Crippen molar-refractivity contribution in [3.8, 4) is 0 Å². The molecule has 2 atom stereocenters. The van der Waals surface area contributed by atoms with E-state index in [2.05, 4.69) is 12.2 Å². The SMILES string of the molecule is CC[C@H](CNC(=O)[C@H](C)OC(=O)c1ccccc1Cl)c1ccccc1. The molecule has 2 aromatic carbocycles. The summed E-state index contributed by atoms with van der Waals surface area (Å²) in [7, 11) is 0. The van der Waals surface area contributed by atoms with Gasteiger partial charge in [-0.1, -0.05) is 61.0 Å². The van der Waals surface area contributed by atoms with Crippen molar-refractivity contribution >= 4 is 23.5 Å². The quantitative estimate of drug-likeness (QED) is 0.754. The van der Waals surface area contributed by atoms with E-state index >= 15 is 0 Å². The van der Waals surface area contributed by atoms with E-state index in [0.29, 0.717) is 11.6 Å². The van der Waals surface area contributed by atoms with Crippen molar-refractivity contribution in [2.24, 2.45) is 0 Å². The number of carbonyl (C=O) groups excluding carboxylic acids is 2. The van der Waals surface area contributed by atoms with Crippen molar-refractivity contribution in [2.45, 2.75) is 32.3 Å². The second-order valence-corrected chi connectivity index (χ2v) is 6.20. The Kier molecular flexibility index (Phi) is 7.02. The third-order valence-electron chi connectivity index (χ3n) is 4.03. The summed E-state index contributed by atoms with van der Waals surface area (Å²) in [5.74, 6) is -0.713. The Balaban J connectivity index is 1.90. The molecule has 0 saturated carbocycles. The smallest absolute Gasteiger partial charge is 0.340 e. The maximum atomic E-state index is 12.2. The van der Waals surface area contributed by atoms with Crippen molar-refractivity contribution in [1.29, 1.82) is 0 Å². The molecule has 132 valence electrons. The van der Waals surface area contributed by atoms with Crippen LogP contribution < -0.4 is 5.32 Å². The number of ether oxygens (including phenoxy) is 1. The van der Waals surface area contributed by atoms with Crippen molar-refractivity contribution in [1.82, 2.24) is 5.32 Å². The number of nitrogens with one attached hydrogen (secondary N) is 1. The fraction of sp³-hybridized carbons (Fsp3) is 0.300.